The molecule has 0 radical (unpaired) electrons. The zero-order valence-electron chi connectivity index (χ0n) is 10.6. The van der Waals surface area contributed by atoms with Crippen LogP contribution < -0.4 is 0 Å². The van der Waals surface area contributed by atoms with Crippen molar-refractivity contribution < 1.29 is 19.1 Å². The fourth-order valence-electron chi connectivity index (χ4n) is 1.22. The predicted molar refractivity (Wildman–Crippen MR) is 72.4 cm³/mol. The molecule has 0 bridgehead atoms. The van der Waals surface area contributed by atoms with Crippen LogP contribution in [0.5, 0.6) is 0 Å². The molecule has 0 aromatic heterocycles. The van der Waals surface area contributed by atoms with Gasteiger partial charge in [0.15, 0.2) is 0 Å². The van der Waals surface area contributed by atoms with E-state index in [1.54, 1.807) is 24.3 Å². The summed E-state index contributed by atoms with van der Waals surface area (Å²) in [5.41, 5.74) is 0.704. The summed E-state index contributed by atoms with van der Waals surface area (Å²) in [6.45, 7) is 1.48. The van der Waals surface area contributed by atoms with Crippen LogP contribution in [-0.2, 0) is 19.1 Å². The topological polar surface area (TPSA) is 52.6 Å². The SMILES string of the molecule is COC(=O)/C=C(\C)OC(=O)/C=C/c1ccccc1Cl. The van der Waals surface area contributed by atoms with Gasteiger partial charge in [0.25, 0.3) is 0 Å². The molecule has 0 aliphatic carbocycles. The van der Waals surface area contributed by atoms with Crippen molar-refractivity contribution in [3.05, 3.63) is 52.8 Å². The van der Waals surface area contributed by atoms with Crippen LogP contribution in [0, 0.1) is 0 Å². The summed E-state index contributed by atoms with van der Waals surface area (Å²) >= 11 is 5.93. The Hall–Kier alpha value is -2.07. The van der Waals surface area contributed by atoms with E-state index < -0.39 is 11.9 Å². The smallest absolute Gasteiger partial charge is 0.335 e. The van der Waals surface area contributed by atoms with Crippen LogP contribution in [-0.4, -0.2) is 19.0 Å². The highest BCUT2D eigenvalue weighted by atomic mass is 35.5. The number of carbonyl (C=O) groups is 2. The van der Waals surface area contributed by atoms with Gasteiger partial charge in [-0.15, -0.1) is 0 Å². The van der Waals surface area contributed by atoms with E-state index >= 15 is 0 Å². The lowest BCUT2D eigenvalue weighted by atomic mass is 10.2. The summed E-state index contributed by atoms with van der Waals surface area (Å²) in [4.78, 5) is 22.4. The molecule has 0 aliphatic heterocycles. The Bertz CT molecular complexity index is 532. The molecular formula is C14H13ClO4. The third kappa shape index (κ3) is 5.40. The van der Waals surface area contributed by atoms with Crippen molar-refractivity contribution in [2.45, 2.75) is 6.92 Å². The summed E-state index contributed by atoms with van der Waals surface area (Å²) in [6, 6.07) is 7.08. The van der Waals surface area contributed by atoms with Gasteiger partial charge in [-0.05, 0) is 24.6 Å². The molecular weight excluding hydrogens is 268 g/mol. The van der Waals surface area contributed by atoms with Gasteiger partial charge in [0.2, 0.25) is 0 Å². The highest BCUT2D eigenvalue weighted by Crippen LogP contribution is 2.16. The lowest BCUT2D eigenvalue weighted by molar-refractivity contribution is -0.135. The van der Waals surface area contributed by atoms with E-state index in [1.165, 1.54) is 26.2 Å². The van der Waals surface area contributed by atoms with Crippen molar-refractivity contribution in [3.63, 3.8) is 0 Å². The van der Waals surface area contributed by atoms with Crippen molar-refractivity contribution in [1.82, 2.24) is 0 Å². The van der Waals surface area contributed by atoms with E-state index in [2.05, 4.69) is 4.74 Å². The number of carbonyl (C=O) groups excluding carboxylic acids is 2. The van der Waals surface area contributed by atoms with Crippen LogP contribution in [0.1, 0.15) is 12.5 Å². The fraction of sp³-hybridized carbons (Fsp3) is 0.143. The van der Waals surface area contributed by atoms with Crippen LogP contribution in [0.3, 0.4) is 0 Å². The van der Waals surface area contributed by atoms with E-state index in [0.717, 1.165) is 6.08 Å². The zero-order chi connectivity index (χ0) is 14.3. The third-order valence-corrected chi connectivity index (χ3v) is 2.43. The molecule has 0 fully saturated rings. The molecule has 0 saturated carbocycles. The molecule has 1 rings (SSSR count). The van der Waals surface area contributed by atoms with Gasteiger partial charge in [-0.2, -0.15) is 0 Å². The lowest BCUT2D eigenvalue weighted by Gasteiger charge is -2.00. The zero-order valence-corrected chi connectivity index (χ0v) is 11.3. The van der Waals surface area contributed by atoms with Gasteiger partial charge in [-0.25, -0.2) is 9.59 Å². The molecule has 0 aliphatic rings. The maximum absolute atomic E-state index is 11.5. The van der Waals surface area contributed by atoms with E-state index in [1.807, 2.05) is 0 Å². The van der Waals surface area contributed by atoms with Crippen molar-refractivity contribution >= 4 is 29.6 Å². The molecule has 5 heteroatoms. The number of esters is 2. The van der Waals surface area contributed by atoms with Crippen molar-refractivity contribution in [3.8, 4) is 0 Å². The number of allylic oxidation sites excluding steroid dienone is 1. The Kier molecular flexibility index (Phi) is 5.82. The first-order valence-corrected chi connectivity index (χ1v) is 5.81. The van der Waals surface area contributed by atoms with Crippen LogP contribution in [0.2, 0.25) is 5.02 Å². The number of rotatable bonds is 4. The van der Waals surface area contributed by atoms with Gasteiger partial charge >= 0.3 is 11.9 Å². The number of benzene rings is 1. The molecule has 0 heterocycles. The second-order valence-electron chi connectivity index (χ2n) is 3.55. The van der Waals surface area contributed by atoms with Crippen LogP contribution in [0.4, 0.5) is 0 Å². The number of ether oxygens (including phenoxy) is 2. The standard InChI is InChI=1S/C14H13ClO4/c1-10(9-14(17)18-2)19-13(16)8-7-11-5-3-4-6-12(11)15/h3-9H,1-2H3/b8-7+,10-9+. The van der Waals surface area contributed by atoms with Crippen LogP contribution in [0.25, 0.3) is 6.08 Å². The Morgan fingerprint density at radius 3 is 2.53 bits per heavy atom. The summed E-state index contributed by atoms with van der Waals surface area (Å²) in [5, 5.41) is 0.536. The maximum Gasteiger partial charge on any atom is 0.335 e. The predicted octanol–water partition coefficient (Wildman–Crippen LogP) is 2.97. The molecule has 0 amide bonds. The maximum atomic E-state index is 11.5. The van der Waals surface area contributed by atoms with Crippen molar-refractivity contribution in [2.75, 3.05) is 7.11 Å². The number of halogens is 1. The summed E-state index contributed by atoms with van der Waals surface area (Å²) in [6.07, 6.45) is 3.85. The summed E-state index contributed by atoms with van der Waals surface area (Å²) in [5.74, 6) is -1.03. The van der Waals surface area contributed by atoms with Gasteiger partial charge in [0.05, 0.1) is 13.2 Å². The molecule has 4 nitrogen and oxygen atoms in total. The van der Waals surface area contributed by atoms with Crippen LogP contribution in [0.15, 0.2) is 42.2 Å². The summed E-state index contributed by atoms with van der Waals surface area (Å²) in [7, 11) is 1.24. The third-order valence-electron chi connectivity index (χ3n) is 2.09. The second kappa shape index (κ2) is 7.38. The molecule has 0 saturated heterocycles. The molecule has 0 atom stereocenters. The van der Waals surface area contributed by atoms with Crippen molar-refractivity contribution in [1.29, 1.82) is 0 Å². The quantitative estimate of drug-likeness (QED) is 0.483. The second-order valence-corrected chi connectivity index (χ2v) is 3.96. The first kappa shape index (κ1) is 15.0. The minimum atomic E-state index is -0.599. The number of hydrogen-bond acceptors (Lipinski definition) is 4. The van der Waals surface area contributed by atoms with E-state index in [9.17, 15) is 9.59 Å². The average molecular weight is 281 g/mol. The van der Waals surface area contributed by atoms with Gasteiger partial charge in [-0.3, -0.25) is 0 Å². The molecule has 1 aromatic carbocycles. The molecule has 19 heavy (non-hydrogen) atoms. The molecule has 0 unspecified atom stereocenters. The number of methoxy groups -OCH3 is 1. The monoisotopic (exact) mass is 280 g/mol. The minimum absolute atomic E-state index is 0.153. The normalized spacial score (nSPS) is 11.4. The molecule has 0 spiro atoms. The first-order chi connectivity index (χ1) is 9.02. The molecule has 1 aromatic rings. The highest BCUT2D eigenvalue weighted by Gasteiger charge is 2.03. The highest BCUT2D eigenvalue weighted by molar-refractivity contribution is 6.32. The lowest BCUT2D eigenvalue weighted by Crippen LogP contribution is -2.02. The van der Waals surface area contributed by atoms with Gasteiger partial charge < -0.3 is 9.47 Å². The van der Waals surface area contributed by atoms with Gasteiger partial charge in [-0.1, -0.05) is 29.8 Å². The van der Waals surface area contributed by atoms with Gasteiger partial charge in [0.1, 0.15) is 5.76 Å². The number of hydrogen-bond donors (Lipinski definition) is 0. The fourth-order valence-corrected chi connectivity index (χ4v) is 1.41. The largest absolute Gasteiger partial charge is 0.466 e. The van der Waals surface area contributed by atoms with E-state index in [-0.39, 0.29) is 5.76 Å². The van der Waals surface area contributed by atoms with E-state index in [0.29, 0.717) is 10.6 Å². The van der Waals surface area contributed by atoms with Crippen molar-refractivity contribution in [2.24, 2.45) is 0 Å². The Morgan fingerprint density at radius 1 is 1.21 bits per heavy atom. The molecule has 0 N–H and O–H groups in total. The average Bonchev–Trinajstić information content (AvgIpc) is 2.37. The Morgan fingerprint density at radius 2 is 1.89 bits per heavy atom. The summed E-state index contributed by atoms with van der Waals surface area (Å²) < 4.78 is 9.28. The first-order valence-electron chi connectivity index (χ1n) is 5.43. The molecule has 100 valence electrons. The Labute approximate surface area is 116 Å². The van der Waals surface area contributed by atoms with E-state index in [4.69, 9.17) is 16.3 Å². The van der Waals surface area contributed by atoms with Gasteiger partial charge in [0, 0.05) is 11.1 Å². The van der Waals surface area contributed by atoms with Crippen LogP contribution >= 0.6 is 11.6 Å². The Balaban J connectivity index is 2.64. The minimum Gasteiger partial charge on any atom is -0.466 e.